The highest BCUT2D eigenvalue weighted by Gasteiger charge is 2.32. The molecule has 148 valence electrons. The second-order valence-corrected chi connectivity index (χ2v) is 8.50. The monoisotopic (exact) mass is 442 g/mol. The van der Waals surface area contributed by atoms with Crippen molar-refractivity contribution in [3.8, 4) is 10.8 Å². The summed E-state index contributed by atoms with van der Waals surface area (Å²) >= 11 is 6.95. The average Bonchev–Trinajstić information content (AvgIpc) is 3.28. The molecule has 0 radical (unpaired) electrons. The molecule has 0 aliphatic carbocycles. The fraction of sp³-hybridized carbons (Fsp3) is 0.250. The van der Waals surface area contributed by atoms with E-state index < -0.39 is 27.1 Å². The molecule has 1 unspecified atom stereocenters. The zero-order chi connectivity index (χ0) is 20.5. The van der Waals surface area contributed by atoms with Crippen molar-refractivity contribution >= 4 is 38.9 Å². The number of aromatic nitrogens is 3. The third-order valence-electron chi connectivity index (χ3n) is 3.78. The smallest absolute Gasteiger partial charge is 0.345 e. The molecule has 9 nitrogen and oxygen atoms in total. The highest BCUT2D eigenvalue weighted by atomic mass is 35.5. The van der Waals surface area contributed by atoms with Gasteiger partial charge in [0, 0.05) is 12.3 Å². The van der Waals surface area contributed by atoms with Crippen LogP contribution < -0.4 is 0 Å². The van der Waals surface area contributed by atoms with Crippen LogP contribution in [0, 0.1) is 17.0 Å². The normalized spacial score (nSPS) is 12.8. The third kappa shape index (κ3) is 4.07. The summed E-state index contributed by atoms with van der Waals surface area (Å²) in [6.07, 6.45) is -0.192. The summed E-state index contributed by atoms with van der Waals surface area (Å²) in [6.45, 7) is 3.21. The lowest BCUT2D eigenvalue weighted by molar-refractivity contribution is -0.393. The van der Waals surface area contributed by atoms with E-state index in [1.165, 1.54) is 30.4 Å². The Labute approximate surface area is 169 Å². The van der Waals surface area contributed by atoms with Crippen LogP contribution in [0.3, 0.4) is 0 Å². The molecule has 1 aromatic carbocycles. The second kappa shape index (κ2) is 7.95. The van der Waals surface area contributed by atoms with E-state index in [2.05, 4.69) is 9.97 Å². The van der Waals surface area contributed by atoms with Crippen LogP contribution in [0.4, 0.5) is 5.82 Å². The van der Waals surface area contributed by atoms with Crippen molar-refractivity contribution in [2.75, 3.05) is 0 Å². The van der Waals surface area contributed by atoms with Crippen LogP contribution >= 0.6 is 22.9 Å². The lowest BCUT2D eigenvalue weighted by Crippen LogP contribution is -2.17. The molecule has 2 heterocycles. The largest absolute Gasteiger partial charge is 0.358 e. The third-order valence-corrected chi connectivity index (χ3v) is 6.33. The zero-order valence-electron chi connectivity index (χ0n) is 14.8. The lowest BCUT2D eigenvalue weighted by atomic mass is 10.2. The van der Waals surface area contributed by atoms with E-state index in [-0.39, 0.29) is 16.6 Å². The number of nitrogens with zero attached hydrogens (tertiary/aromatic N) is 4. The van der Waals surface area contributed by atoms with Crippen molar-refractivity contribution in [1.82, 2.24) is 14.5 Å². The fourth-order valence-corrected chi connectivity index (χ4v) is 4.53. The van der Waals surface area contributed by atoms with Crippen molar-refractivity contribution in [3.63, 3.8) is 0 Å². The molecule has 0 bridgehead atoms. The van der Waals surface area contributed by atoms with Crippen LogP contribution in [0.5, 0.6) is 0 Å². The fourth-order valence-electron chi connectivity index (χ4n) is 2.46. The van der Waals surface area contributed by atoms with E-state index in [0.717, 1.165) is 16.3 Å². The number of thiazole rings is 1. The summed E-state index contributed by atoms with van der Waals surface area (Å²) in [4.78, 5) is 19.0. The van der Waals surface area contributed by atoms with Crippen LogP contribution in [0.2, 0.25) is 0 Å². The average molecular weight is 443 g/mol. The highest BCUT2D eigenvalue weighted by molar-refractivity contribution is 7.86. The van der Waals surface area contributed by atoms with E-state index in [9.17, 15) is 18.5 Å². The number of halogens is 1. The van der Waals surface area contributed by atoms with Crippen LogP contribution in [-0.4, -0.2) is 27.9 Å². The van der Waals surface area contributed by atoms with Gasteiger partial charge in [-0.3, -0.25) is 0 Å². The van der Waals surface area contributed by atoms with E-state index in [1.807, 2.05) is 6.92 Å². The number of benzene rings is 1. The minimum atomic E-state index is -4.15. The SMILES string of the molecule is Cc1ccc(S(=O)(=O)OC(C)n2c([N+](=O)[O-])cnc2-c2nc(CCl)cs2)cc1. The molecule has 0 spiro atoms. The van der Waals surface area contributed by atoms with E-state index >= 15 is 0 Å². The molecule has 1 atom stereocenters. The number of hydrogen-bond acceptors (Lipinski definition) is 8. The van der Waals surface area contributed by atoms with Gasteiger partial charge >= 0.3 is 15.9 Å². The van der Waals surface area contributed by atoms with Crippen molar-refractivity contribution in [2.24, 2.45) is 0 Å². The Morgan fingerprint density at radius 3 is 2.61 bits per heavy atom. The first-order valence-corrected chi connectivity index (χ1v) is 10.8. The van der Waals surface area contributed by atoms with Crippen LogP contribution in [0.15, 0.2) is 40.7 Å². The van der Waals surface area contributed by atoms with Crippen molar-refractivity contribution < 1.29 is 17.5 Å². The van der Waals surface area contributed by atoms with Gasteiger partial charge in [-0.25, -0.2) is 14.2 Å². The van der Waals surface area contributed by atoms with Gasteiger partial charge in [-0.2, -0.15) is 13.0 Å². The predicted octanol–water partition coefficient (Wildman–Crippen LogP) is 3.89. The molecule has 0 saturated carbocycles. The van der Waals surface area contributed by atoms with Gasteiger partial charge in [0.15, 0.2) is 5.01 Å². The summed E-state index contributed by atoms with van der Waals surface area (Å²) < 4.78 is 31.5. The Balaban J connectivity index is 2.00. The van der Waals surface area contributed by atoms with E-state index in [1.54, 1.807) is 17.5 Å². The molecule has 0 aliphatic rings. The van der Waals surface area contributed by atoms with Crippen LogP contribution in [0.1, 0.15) is 24.4 Å². The summed E-state index contributed by atoms with van der Waals surface area (Å²) in [5, 5.41) is 13.5. The molecule has 3 aromatic rings. The molecule has 0 saturated heterocycles. The van der Waals surface area contributed by atoms with Gasteiger partial charge in [0.2, 0.25) is 6.23 Å². The quantitative estimate of drug-likeness (QED) is 0.236. The van der Waals surface area contributed by atoms with Crippen molar-refractivity contribution in [1.29, 1.82) is 0 Å². The number of alkyl halides is 1. The molecular formula is C16H15ClN4O5S2. The van der Waals surface area contributed by atoms with Crippen LogP contribution in [0.25, 0.3) is 10.8 Å². The van der Waals surface area contributed by atoms with Crippen molar-refractivity contribution in [3.05, 3.63) is 57.2 Å². The standard InChI is InChI=1S/C16H15ClN4O5S2/c1-10-3-5-13(6-4-10)28(24,25)26-11(2)20-14(21(22)23)8-18-15(20)16-19-12(7-17)9-27-16/h3-6,8-9,11H,7H2,1-2H3. The first-order chi connectivity index (χ1) is 13.2. The van der Waals surface area contributed by atoms with Gasteiger partial charge in [0.25, 0.3) is 5.82 Å². The van der Waals surface area contributed by atoms with E-state index in [4.69, 9.17) is 15.8 Å². The van der Waals surface area contributed by atoms with Gasteiger partial charge in [-0.1, -0.05) is 17.7 Å². The number of imidazole rings is 1. The van der Waals surface area contributed by atoms with Gasteiger partial charge in [0.05, 0.1) is 16.5 Å². The molecule has 0 amide bonds. The van der Waals surface area contributed by atoms with Gasteiger partial charge in [0.1, 0.15) is 6.20 Å². The Morgan fingerprint density at radius 1 is 1.36 bits per heavy atom. The first-order valence-electron chi connectivity index (χ1n) is 7.95. The van der Waals surface area contributed by atoms with Gasteiger partial charge < -0.3 is 10.1 Å². The molecule has 0 fully saturated rings. The summed E-state index contributed by atoms with van der Waals surface area (Å²) in [7, 11) is -4.15. The van der Waals surface area contributed by atoms with Gasteiger partial charge in [-0.15, -0.1) is 22.9 Å². The summed E-state index contributed by atoms with van der Waals surface area (Å²) in [6, 6.07) is 6.09. The number of aryl methyl sites for hydroxylation is 1. The van der Waals surface area contributed by atoms with E-state index in [0.29, 0.717) is 10.7 Å². The predicted molar refractivity (Wildman–Crippen MR) is 104 cm³/mol. The highest BCUT2D eigenvalue weighted by Crippen LogP contribution is 2.32. The molecule has 2 aromatic heterocycles. The maximum atomic E-state index is 12.6. The number of hydrogen-bond donors (Lipinski definition) is 0. The molecular weight excluding hydrogens is 428 g/mol. The Bertz CT molecular complexity index is 1110. The summed E-state index contributed by atoms with van der Waals surface area (Å²) in [5.41, 5.74) is 1.47. The Hall–Kier alpha value is -2.34. The summed E-state index contributed by atoms with van der Waals surface area (Å²) in [5.74, 6) is -0.114. The van der Waals surface area contributed by atoms with Gasteiger partial charge in [-0.05, 0) is 24.0 Å². The second-order valence-electron chi connectivity index (χ2n) is 5.81. The number of nitro groups is 1. The van der Waals surface area contributed by atoms with Crippen LogP contribution in [-0.2, 0) is 20.2 Å². The minimum Gasteiger partial charge on any atom is -0.358 e. The maximum absolute atomic E-state index is 12.6. The lowest BCUT2D eigenvalue weighted by Gasteiger charge is -2.13. The maximum Gasteiger partial charge on any atom is 0.345 e. The molecule has 28 heavy (non-hydrogen) atoms. The molecule has 0 N–H and O–H groups in total. The Kier molecular flexibility index (Phi) is 5.79. The molecule has 0 aliphatic heterocycles. The molecule has 12 heteroatoms. The topological polar surface area (TPSA) is 117 Å². The number of rotatable bonds is 7. The first kappa shape index (κ1) is 20.4. The zero-order valence-corrected chi connectivity index (χ0v) is 17.2. The Morgan fingerprint density at radius 2 is 2.04 bits per heavy atom. The molecule has 3 rings (SSSR count). The van der Waals surface area contributed by atoms with Crippen molar-refractivity contribution in [2.45, 2.75) is 30.9 Å². The minimum absolute atomic E-state index is 0.0482.